The molecule has 4 heteroatoms. The number of anilines is 1. The Bertz CT molecular complexity index is 874. The summed E-state index contributed by atoms with van der Waals surface area (Å²) >= 11 is 3.70. The Labute approximate surface area is 156 Å². The van der Waals surface area contributed by atoms with Crippen molar-refractivity contribution in [2.24, 2.45) is 5.92 Å². The number of methoxy groups -OCH3 is 1. The third kappa shape index (κ3) is 2.60. The summed E-state index contributed by atoms with van der Waals surface area (Å²) in [4.78, 5) is 12.1. The van der Waals surface area contributed by atoms with Gasteiger partial charge >= 0.3 is 5.97 Å². The number of benzene rings is 2. The number of esters is 1. The highest BCUT2D eigenvalue weighted by Gasteiger charge is 2.39. The number of rotatable bonds is 2. The number of fused-ring (bicyclic) bond motifs is 3. The Morgan fingerprint density at radius 2 is 2.00 bits per heavy atom. The van der Waals surface area contributed by atoms with E-state index in [0.29, 0.717) is 17.4 Å². The summed E-state index contributed by atoms with van der Waals surface area (Å²) in [6.07, 6.45) is 5.64. The lowest BCUT2D eigenvalue weighted by Crippen LogP contribution is -2.30. The van der Waals surface area contributed by atoms with Crippen LogP contribution in [-0.2, 0) is 4.74 Å². The zero-order chi connectivity index (χ0) is 17.6. The molecule has 3 nitrogen and oxygen atoms in total. The van der Waals surface area contributed by atoms with Crippen LogP contribution >= 0.6 is 15.9 Å². The Balaban J connectivity index is 1.85. The van der Waals surface area contributed by atoms with Crippen molar-refractivity contribution in [1.82, 2.24) is 0 Å². The van der Waals surface area contributed by atoms with E-state index in [0.717, 1.165) is 22.1 Å². The molecule has 0 amide bonds. The largest absolute Gasteiger partial charge is 0.465 e. The van der Waals surface area contributed by atoms with Gasteiger partial charge in [-0.1, -0.05) is 52.3 Å². The second-order valence-electron chi connectivity index (χ2n) is 6.69. The molecule has 0 radical (unpaired) electrons. The standard InChI is InChI=1S/C21H20BrNO2/c1-12-13(21(24)25-2)10-11-16-14-7-5-8-15(14)20(23-19(12)16)17-6-3-4-9-18(17)22/h3-7,9-11,14-15,20,23H,8H2,1-2H3/t14-,15-,20-/m0/s1. The Morgan fingerprint density at radius 3 is 2.76 bits per heavy atom. The van der Waals surface area contributed by atoms with Crippen LogP contribution in [0.3, 0.4) is 0 Å². The van der Waals surface area contributed by atoms with E-state index in [2.05, 4.69) is 57.7 Å². The summed E-state index contributed by atoms with van der Waals surface area (Å²) in [5.74, 6) is 0.567. The fourth-order valence-electron chi connectivity index (χ4n) is 4.18. The third-order valence-electron chi connectivity index (χ3n) is 5.44. The van der Waals surface area contributed by atoms with E-state index in [4.69, 9.17) is 4.74 Å². The summed E-state index contributed by atoms with van der Waals surface area (Å²) in [5, 5.41) is 3.74. The van der Waals surface area contributed by atoms with Crippen LogP contribution in [0.15, 0.2) is 53.0 Å². The minimum absolute atomic E-state index is 0.203. The predicted octanol–water partition coefficient (Wildman–Crippen LogP) is 5.37. The molecule has 2 aromatic rings. The van der Waals surface area contributed by atoms with Crippen molar-refractivity contribution in [2.75, 3.05) is 12.4 Å². The molecule has 1 aliphatic carbocycles. The minimum Gasteiger partial charge on any atom is -0.465 e. The van der Waals surface area contributed by atoms with Gasteiger partial charge in [-0.25, -0.2) is 4.79 Å². The topological polar surface area (TPSA) is 38.3 Å². The Kier molecular flexibility index (Phi) is 4.16. The van der Waals surface area contributed by atoms with Gasteiger partial charge in [-0.3, -0.25) is 0 Å². The molecule has 0 spiro atoms. The summed E-state index contributed by atoms with van der Waals surface area (Å²) in [6, 6.07) is 12.5. The Hall–Kier alpha value is -2.07. The number of hydrogen-bond acceptors (Lipinski definition) is 3. The van der Waals surface area contributed by atoms with Gasteiger partial charge in [-0.05, 0) is 48.1 Å². The van der Waals surface area contributed by atoms with E-state index < -0.39 is 0 Å². The number of carbonyl (C=O) groups excluding carboxylic acids is 1. The fourth-order valence-corrected chi connectivity index (χ4v) is 4.71. The molecule has 0 aromatic heterocycles. The molecule has 1 aliphatic heterocycles. The SMILES string of the molecule is COC(=O)c1ccc2c(c1C)N[C@H](c1ccccc1Br)[C@H]1CC=C[C@H]21. The van der Waals surface area contributed by atoms with Crippen molar-refractivity contribution in [2.45, 2.75) is 25.3 Å². The summed E-state index contributed by atoms with van der Waals surface area (Å²) in [5.41, 5.74) is 5.18. The molecule has 4 rings (SSSR count). The maximum Gasteiger partial charge on any atom is 0.338 e. The van der Waals surface area contributed by atoms with E-state index in [1.165, 1.54) is 18.2 Å². The van der Waals surface area contributed by atoms with E-state index in [1.54, 1.807) is 0 Å². The summed E-state index contributed by atoms with van der Waals surface area (Å²) in [6.45, 7) is 1.99. The first-order chi connectivity index (χ1) is 12.1. The molecule has 1 N–H and O–H groups in total. The number of nitrogens with one attached hydrogen (secondary N) is 1. The monoisotopic (exact) mass is 397 g/mol. The number of hydrogen-bond donors (Lipinski definition) is 1. The van der Waals surface area contributed by atoms with Crippen LogP contribution < -0.4 is 5.32 Å². The number of halogens is 1. The predicted molar refractivity (Wildman–Crippen MR) is 103 cm³/mol. The molecule has 3 atom stereocenters. The second kappa shape index (κ2) is 6.34. The molecule has 0 saturated heterocycles. The molecule has 1 heterocycles. The van der Waals surface area contributed by atoms with E-state index >= 15 is 0 Å². The molecule has 128 valence electrons. The van der Waals surface area contributed by atoms with Crippen molar-refractivity contribution >= 4 is 27.6 Å². The highest BCUT2D eigenvalue weighted by atomic mass is 79.9. The molecule has 2 aromatic carbocycles. The van der Waals surface area contributed by atoms with Crippen molar-refractivity contribution in [3.8, 4) is 0 Å². The van der Waals surface area contributed by atoms with Crippen LogP contribution in [0.5, 0.6) is 0 Å². The van der Waals surface area contributed by atoms with Gasteiger partial charge in [0.05, 0.1) is 18.7 Å². The van der Waals surface area contributed by atoms with Gasteiger partial charge in [0.25, 0.3) is 0 Å². The highest BCUT2D eigenvalue weighted by Crippen LogP contribution is 2.51. The van der Waals surface area contributed by atoms with Gasteiger partial charge < -0.3 is 10.1 Å². The average Bonchev–Trinajstić information content (AvgIpc) is 3.11. The summed E-state index contributed by atoms with van der Waals surface area (Å²) in [7, 11) is 1.42. The van der Waals surface area contributed by atoms with Crippen molar-refractivity contribution in [3.05, 3.63) is 75.3 Å². The normalized spacial score (nSPS) is 23.6. The molecule has 2 aliphatic rings. The first-order valence-electron chi connectivity index (χ1n) is 8.51. The molecule has 0 unspecified atom stereocenters. The van der Waals surface area contributed by atoms with Crippen molar-refractivity contribution in [1.29, 1.82) is 0 Å². The zero-order valence-electron chi connectivity index (χ0n) is 14.3. The number of carbonyl (C=O) groups is 1. The van der Waals surface area contributed by atoms with Crippen LogP contribution in [-0.4, -0.2) is 13.1 Å². The van der Waals surface area contributed by atoms with Crippen LogP contribution in [0.1, 0.15) is 45.4 Å². The van der Waals surface area contributed by atoms with Crippen LogP contribution in [0.4, 0.5) is 5.69 Å². The van der Waals surface area contributed by atoms with Crippen LogP contribution in [0.25, 0.3) is 0 Å². The fraction of sp³-hybridized carbons (Fsp3) is 0.286. The quantitative estimate of drug-likeness (QED) is 0.546. The second-order valence-corrected chi connectivity index (χ2v) is 7.55. The van der Waals surface area contributed by atoms with Gasteiger partial charge in [0.1, 0.15) is 0 Å². The van der Waals surface area contributed by atoms with Crippen molar-refractivity contribution < 1.29 is 9.53 Å². The number of ether oxygens (including phenoxy) is 1. The molecule has 0 bridgehead atoms. The molecule has 0 saturated carbocycles. The smallest absolute Gasteiger partial charge is 0.338 e. The maximum atomic E-state index is 12.1. The molecular formula is C21H20BrNO2. The van der Waals surface area contributed by atoms with Gasteiger partial charge in [0, 0.05) is 16.1 Å². The van der Waals surface area contributed by atoms with Gasteiger partial charge in [0.2, 0.25) is 0 Å². The van der Waals surface area contributed by atoms with Crippen molar-refractivity contribution in [3.63, 3.8) is 0 Å². The minimum atomic E-state index is -0.288. The number of allylic oxidation sites excluding steroid dienone is 2. The maximum absolute atomic E-state index is 12.1. The van der Waals surface area contributed by atoms with E-state index in [1.807, 2.05) is 19.1 Å². The first kappa shape index (κ1) is 16.4. The highest BCUT2D eigenvalue weighted by molar-refractivity contribution is 9.10. The zero-order valence-corrected chi connectivity index (χ0v) is 15.8. The van der Waals surface area contributed by atoms with Gasteiger partial charge in [0.15, 0.2) is 0 Å². The average molecular weight is 398 g/mol. The van der Waals surface area contributed by atoms with E-state index in [9.17, 15) is 4.79 Å². The molecule has 25 heavy (non-hydrogen) atoms. The first-order valence-corrected chi connectivity index (χ1v) is 9.30. The van der Waals surface area contributed by atoms with Crippen LogP contribution in [0, 0.1) is 12.8 Å². The third-order valence-corrected chi connectivity index (χ3v) is 6.17. The van der Waals surface area contributed by atoms with E-state index in [-0.39, 0.29) is 12.0 Å². The van der Waals surface area contributed by atoms with Gasteiger partial charge in [-0.15, -0.1) is 0 Å². The molecule has 0 fully saturated rings. The van der Waals surface area contributed by atoms with Crippen LogP contribution in [0.2, 0.25) is 0 Å². The van der Waals surface area contributed by atoms with Gasteiger partial charge in [-0.2, -0.15) is 0 Å². The lowest BCUT2D eigenvalue weighted by molar-refractivity contribution is 0.0600. The lowest BCUT2D eigenvalue weighted by atomic mass is 9.76. The molecular weight excluding hydrogens is 378 g/mol. The summed E-state index contributed by atoms with van der Waals surface area (Å²) < 4.78 is 6.05. The lowest BCUT2D eigenvalue weighted by Gasteiger charge is -2.39. The Morgan fingerprint density at radius 1 is 1.20 bits per heavy atom.